The Balaban J connectivity index is 1.61. The third-order valence-electron chi connectivity index (χ3n) is 5.82. The molecule has 1 fully saturated rings. The van der Waals surface area contributed by atoms with Gasteiger partial charge in [-0.25, -0.2) is 8.42 Å². The molecule has 1 heterocycles. The number of amides is 2. The molecule has 3 rings (SSSR count). The van der Waals surface area contributed by atoms with E-state index in [1.807, 2.05) is 39.8 Å². The minimum Gasteiger partial charge on any atom is -0.343 e. The van der Waals surface area contributed by atoms with Gasteiger partial charge in [0.15, 0.2) is 0 Å². The summed E-state index contributed by atoms with van der Waals surface area (Å²) in [6.45, 7) is 8.10. The van der Waals surface area contributed by atoms with Crippen LogP contribution < -0.4 is 10.6 Å². The van der Waals surface area contributed by atoms with Crippen LogP contribution in [-0.4, -0.2) is 43.7 Å². The molecule has 0 saturated carbocycles. The summed E-state index contributed by atoms with van der Waals surface area (Å²) < 4.78 is 27.4. The van der Waals surface area contributed by atoms with Crippen molar-refractivity contribution >= 4 is 27.5 Å². The molecule has 1 saturated heterocycles. The Morgan fingerprint density at radius 3 is 2.25 bits per heavy atom. The summed E-state index contributed by atoms with van der Waals surface area (Å²) in [5, 5.41) is 5.43. The van der Waals surface area contributed by atoms with Crippen molar-refractivity contribution in [2.45, 2.75) is 57.9 Å². The van der Waals surface area contributed by atoms with E-state index in [-0.39, 0.29) is 23.4 Å². The lowest BCUT2D eigenvalue weighted by Crippen LogP contribution is -2.41. The first-order chi connectivity index (χ1) is 15.1. The van der Waals surface area contributed by atoms with E-state index in [4.69, 9.17) is 0 Å². The van der Waals surface area contributed by atoms with Crippen LogP contribution in [0.4, 0.5) is 5.69 Å². The molecule has 1 atom stereocenters. The lowest BCUT2D eigenvalue weighted by molar-refractivity contribution is -0.115. The third kappa shape index (κ3) is 5.37. The van der Waals surface area contributed by atoms with Gasteiger partial charge in [-0.15, -0.1) is 0 Å². The molecule has 1 aliphatic heterocycles. The van der Waals surface area contributed by atoms with E-state index in [1.165, 1.54) is 28.6 Å². The minimum atomic E-state index is -3.59. The topological polar surface area (TPSA) is 95.6 Å². The molecule has 7 nitrogen and oxygen atoms in total. The van der Waals surface area contributed by atoms with E-state index in [0.717, 1.165) is 41.6 Å². The number of nitrogens with zero attached hydrogens (tertiary/aromatic N) is 1. The molecule has 8 heteroatoms. The Hall–Kier alpha value is -2.71. The first-order valence-corrected chi connectivity index (χ1v) is 12.3. The van der Waals surface area contributed by atoms with Crippen LogP contribution in [-0.2, 0) is 14.8 Å². The number of hydrogen-bond donors (Lipinski definition) is 2. The van der Waals surface area contributed by atoms with Crippen LogP contribution in [0, 0.1) is 20.8 Å². The quantitative estimate of drug-likeness (QED) is 0.694. The van der Waals surface area contributed by atoms with Crippen molar-refractivity contribution in [3.63, 3.8) is 0 Å². The lowest BCUT2D eigenvalue weighted by Gasteiger charge is -2.32. The summed E-state index contributed by atoms with van der Waals surface area (Å²) in [6.07, 6.45) is 2.74. The number of sulfonamides is 1. The highest BCUT2D eigenvalue weighted by atomic mass is 32.2. The first kappa shape index (κ1) is 23.9. The fourth-order valence-corrected chi connectivity index (χ4v) is 5.87. The maximum absolute atomic E-state index is 12.9. The molecule has 0 spiro atoms. The van der Waals surface area contributed by atoms with Crippen molar-refractivity contribution in [3.8, 4) is 0 Å². The van der Waals surface area contributed by atoms with Crippen molar-refractivity contribution in [1.82, 2.24) is 9.62 Å². The molecule has 0 radical (unpaired) electrons. The van der Waals surface area contributed by atoms with Gasteiger partial charge in [-0.1, -0.05) is 24.1 Å². The number of hydrogen-bond acceptors (Lipinski definition) is 4. The lowest BCUT2D eigenvalue weighted by atomic mass is 10.1. The van der Waals surface area contributed by atoms with Gasteiger partial charge in [-0.05, 0) is 75.9 Å². The second-order valence-electron chi connectivity index (χ2n) is 8.49. The van der Waals surface area contributed by atoms with E-state index < -0.39 is 15.9 Å². The molecule has 2 aromatic rings. The number of carbonyl (C=O) groups is 2. The first-order valence-electron chi connectivity index (χ1n) is 10.9. The van der Waals surface area contributed by atoms with Crippen LogP contribution >= 0.6 is 0 Å². The number of anilines is 1. The molecule has 2 N–H and O–H groups in total. The Bertz CT molecular complexity index is 1090. The van der Waals surface area contributed by atoms with Crippen LogP contribution in [0.3, 0.4) is 0 Å². The molecule has 2 amide bonds. The maximum Gasteiger partial charge on any atom is 0.251 e. The molecule has 172 valence electrons. The molecule has 0 bridgehead atoms. The zero-order valence-corrected chi connectivity index (χ0v) is 19.9. The van der Waals surface area contributed by atoms with Gasteiger partial charge in [0.25, 0.3) is 5.91 Å². The summed E-state index contributed by atoms with van der Waals surface area (Å²) in [5.41, 5.74) is 4.08. The van der Waals surface area contributed by atoms with Crippen LogP contribution in [0.1, 0.15) is 53.2 Å². The second kappa shape index (κ2) is 9.83. The summed E-state index contributed by atoms with van der Waals surface area (Å²) in [4.78, 5) is 24.9. The molecular formula is C24H31N3O4S. The smallest absolute Gasteiger partial charge is 0.251 e. The minimum absolute atomic E-state index is 0.0314. The van der Waals surface area contributed by atoms with Gasteiger partial charge in [0.2, 0.25) is 15.9 Å². The van der Waals surface area contributed by atoms with Crippen molar-refractivity contribution < 1.29 is 18.0 Å². The van der Waals surface area contributed by atoms with Crippen LogP contribution in [0.5, 0.6) is 0 Å². The molecule has 2 aromatic carbocycles. The van der Waals surface area contributed by atoms with Crippen LogP contribution in [0.2, 0.25) is 0 Å². The highest BCUT2D eigenvalue weighted by molar-refractivity contribution is 7.89. The predicted molar refractivity (Wildman–Crippen MR) is 125 cm³/mol. The number of benzene rings is 2. The summed E-state index contributed by atoms with van der Waals surface area (Å²) in [6, 6.07) is 9.79. The second-order valence-corrected chi connectivity index (χ2v) is 10.4. The van der Waals surface area contributed by atoms with Crippen molar-refractivity contribution in [2.75, 3.05) is 18.4 Å². The van der Waals surface area contributed by atoms with Crippen LogP contribution in [0.25, 0.3) is 0 Å². The standard InChI is InChI=1S/C24H31N3O4S/c1-16-13-17(2)23(18(3)14-16)26-22(28)15-25-24(29)20-8-10-21(11-9-20)32(30,31)27-12-6-5-7-19(27)4/h8-11,13-14,19H,5-7,12,15H2,1-4H3,(H,25,29)(H,26,28)/t19-/m0/s1. The molecule has 0 unspecified atom stereocenters. The fourth-order valence-electron chi connectivity index (χ4n) is 4.17. The van der Waals surface area contributed by atoms with Gasteiger partial charge < -0.3 is 10.6 Å². The average molecular weight is 458 g/mol. The van der Waals surface area contributed by atoms with Gasteiger partial charge in [-0.2, -0.15) is 4.31 Å². The summed E-state index contributed by atoms with van der Waals surface area (Å²) in [7, 11) is -3.59. The van der Waals surface area contributed by atoms with Crippen molar-refractivity contribution in [3.05, 3.63) is 58.7 Å². The van der Waals surface area contributed by atoms with Gasteiger partial charge in [0.05, 0.1) is 11.4 Å². The van der Waals surface area contributed by atoms with Gasteiger partial charge in [0, 0.05) is 23.8 Å². The molecular weight excluding hydrogens is 426 g/mol. The van der Waals surface area contributed by atoms with Crippen molar-refractivity contribution in [2.24, 2.45) is 0 Å². The zero-order chi connectivity index (χ0) is 23.5. The zero-order valence-electron chi connectivity index (χ0n) is 19.1. The summed E-state index contributed by atoms with van der Waals surface area (Å²) >= 11 is 0. The number of carbonyl (C=O) groups excluding carboxylic acids is 2. The Morgan fingerprint density at radius 2 is 1.66 bits per heavy atom. The number of aryl methyl sites for hydroxylation is 3. The average Bonchev–Trinajstić information content (AvgIpc) is 2.74. The highest BCUT2D eigenvalue weighted by Crippen LogP contribution is 2.25. The van der Waals surface area contributed by atoms with E-state index in [9.17, 15) is 18.0 Å². The van der Waals surface area contributed by atoms with Gasteiger partial charge >= 0.3 is 0 Å². The summed E-state index contributed by atoms with van der Waals surface area (Å²) in [5.74, 6) is -0.764. The van der Waals surface area contributed by atoms with E-state index in [2.05, 4.69) is 10.6 Å². The number of piperidine rings is 1. The van der Waals surface area contributed by atoms with E-state index >= 15 is 0 Å². The predicted octanol–water partition coefficient (Wildman–Crippen LogP) is 3.54. The molecule has 0 aromatic heterocycles. The Kier molecular flexibility index (Phi) is 7.36. The fraction of sp³-hybridized carbons (Fsp3) is 0.417. The maximum atomic E-state index is 12.9. The molecule has 32 heavy (non-hydrogen) atoms. The SMILES string of the molecule is Cc1cc(C)c(NC(=O)CNC(=O)c2ccc(S(=O)(=O)N3CCCC[C@@H]3C)cc2)c(C)c1. The van der Waals surface area contributed by atoms with Crippen molar-refractivity contribution in [1.29, 1.82) is 0 Å². The monoisotopic (exact) mass is 457 g/mol. The van der Waals surface area contributed by atoms with Gasteiger partial charge in [-0.3, -0.25) is 9.59 Å². The van der Waals surface area contributed by atoms with Crippen LogP contribution in [0.15, 0.2) is 41.3 Å². The number of rotatable bonds is 6. The Labute approximate surface area is 190 Å². The largest absolute Gasteiger partial charge is 0.343 e. The van der Waals surface area contributed by atoms with E-state index in [0.29, 0.717) is 12.1 Å². The highest BCUT2D eigenvalue weighted by Gasteiger charge is 2.30. The Morgan fingerprint density at radius 1 is 1.03 bits per heavy atom. The normalized spacial score (nSPS) is 17.1. The number of nitrogens with one attached hydrogen (secondary N) is 2. The van der Waals surface area contributed by atoms with Gasteiger partial charge in [0.1, 0.15) is 0 Å². The molecule has 1 aliphatic rings. The van der Waals surface area contributed by atoms with E-state index in [1.54, 1.807) is 0 Å². The third-order valence-corrected chi connectivity index (χ3v) is 7.84. The molecule has 0 aliphatic carbocycles.